The first-order valence-corrected chi connectivity index (χ1v) is 9.96. The summed E-state index contributed by atoms with van der Waals surface area (Å²) in [5, 5.41) is 9.51. The summed E-state index contributed by atoms with van der Waals surface area (Å²) in [7, 11) is 0. The molecule has 0 saturated carbocycles. The molecule has 5 rings (SSSR count). The third-order valence-electron chi connectivity index (χ3n) is 5.37. The summed E-state index contributed by atoms with van der Waals surface area (Å²) < 4.78 is 5.93. The van der Waals surface area contributed by atoms with Crippen molar-refractivity contribution in [1.82, 2.24) is 20.1 Å². The first-order valence-electron chi connectivity index (χ1n) is 9.96. The maximum Gasteiger partial charge on any atom is 0.246 e. The van der Waals surface area contributed by atoms with Gasteiger partial charge < -0.3 is 9.32 Å². The Morgan fingerprint density at radius 2 is 1.83 bits per heavy atom. The Morgan fingerprint density at radius 3 is 2.66 bits per heavy atom. The topological polar surface area (TPSA) is 58.3 Å². The highest BCUT2D eigenvalue weighted by atomic mass is 16.3. The second-order valence-electron chi connectivity index (χ2n) is 7.54. The van der Waals surface area contributed by atoms with E-state index in [0.717, 1.165) is 49.5 Å². The Labute approximate surface area is 169 Å². The number of furan rings is 1. The average molecular weight is 385 g/mol. The molecule has 0 atom stereocenters. The van der Waals surface area contributed by atoms with Crippen molar-refractivity contribution < 1.29 is 4.42 Å². The van der Waals surface area contributed by atoms with Crippen LogP contribution >= 0.6 is 0 Å². The van der Waals surface area contributed by atoms with E-state index in [0.29, 0.717) is 11.6 Å². The maximum atomic E-state index is 5.93. The number of benzene rings is 2. The second-order valence-corrected chi connectivity index (χ2v) is 7.54. The molecule has 0 unspecified atom stereocenters. The number of fused-ring (bicyclic) bond motifs is 1. The van der Waals surface area contributed by atoms with E-state index in [-0.39, 0.29) is 0 Å². The van der Waals surface area contributed by atoms with Crippen molar-refractivity contribution in [2.24, 2.45) is 0 Å². The van der Waals surface area contributed by atoms with Gasteiger partial charge in [0.05, 0.1) is 6.20 Å². The molecule has 0 radical (unpaired) electrons. The van der Waals surface area contributed by atoms with Gasteiger partial charge in [0, 0.05) is 38.1 Å². The van der Waals surface area contributed by atoms with Gasteiger partial charge in [-0.2, -0.15) is 5.10 Å². The predicted molar refractivity (Wildman–Crippen MR) is 114 cm³/mol. The van der Waals surface area contributed by atoms with Crippen LogP contribution in [0.25, 0.3) is 22.4 Å². The Hall–Kier alpha value is -3.25. The summed E-state index contributed by atoms with van der Waals surface area (Å²) in [4.78, 5) is 9.40. The lowest BCUT2D eigenvalue weighted by atomic mass is 10.1. The Bertz CT molecular complexity index is 1100. The molecule has 0 spiro atoms. The number of anilines is 1. The molecule has 29 heavy (non-hydrogen) atoms. The Morgan fingerprint density at radius 1 is 0.966 bits per heavy atom. The van der Waals surface area contributed by atoms with Crippen LogP contribution in [0.4, 0.5) is 5.95 Å². The van der Waals surface area contributed by atoms with Crippen molar-refractivity contribution in [3.8, 4) is 11.5 Å². The fourth-order valence-corrected chi connectivity index (χ4v) is 3.83. The number of piperazine rings is 1. The molecule has 1 fully saturated rings. The number of hydrogen-bond acceptors (Lipinski definition) is 6. The van der Waals surface area contributed by atoms with E-state index >= 15 is 0 Å². The van der Waals surface area contributed by atoms with E-state index in [1.807, 2.05) is 30.3 Å². The van der Waals surface area contributed by atoms with Crippen LogP contribution in [0.1, 0.15) is 11.1 Å². The van der Waals surface area contributed by atoms with Gasteiger partial charge >= 0.3 is 0 Å². The van der Waals surface area contributed by atoms with Gasteiger partial charge in [-0.25, -0.2) is 4.98 Å². The number of nitrogens with zero attached hydrogens (tertiary/aromatic N) is 5. The Balaban J connectivity index is 1.28. The second kappa shape index (κ2) is 7.64. The fourth-order valence-electron chi connectivity index (χ4n) is 3.83. The number of hydrogen-bond donors (Lipinski definition) is 0. The highest BCUT2D eigenvalue weighted by molar-refractivity contribution is 5.82. The minimum Gasteiger partial charge on any atom is -0.454 e. The molecule has 6 heteroatoms. The van der Waals surface area contributed by atoms with E-state index < -0.39 is 0 Å². The molecular formula is C23H23N5O. The molecule has 146 valence electrons. The number of aromatic nitrogens is 3. The van der Waals surface area contributed by atoms with Crippen molar-refractivity contribution in [1.29, 1.82) is 0 Å². The molecule has 0 aliphatic carbocycles. The molecule has 4 aromatic rings. The SMILES string of the molecule is Cc1cccc(CN2CCN(c3nncc(-c4cc5ccccc5o4)n3)CC2)c1. The van der Waals surface area contributed by atoms with Crippen molar-refractivity contribution >= 4 is 16.9 Å². The van der Waals surface area contributed by atoms with Crippen molar-refractivity contribution in [3.05, 3.63) is 71.9 Å². The van der Waals surface area contributed by atoms with Crippen molar-refractivity contribution in [2.75, 3.05) is 31.1 Å². The molecule has 2 aromatic carbocycles. The number of rotatable bonds is 4. The van der Waals surface area contributed by atoms with Gasteiger partial charge in [0.15, 0.2) is 5.76 Å². The first-order chi connectivity index (χ1) is 14.2. The summed E-state index contributed by atoms with van der Waals surface area (Å²) in [6.45, 7) is 6.85. The molecule has 6 nitrogen and oxygen atoms in total. The van der Waals surface area contributed by atoms with Gasteiger partial charge in [-0.3, -0.25) is 4.90 Å². The summed E-state index contributed by atoms with van der Waals surface area (Å²) in [5.74, 6) is 1.39. The van der Waals surface area contributed by atoms with E-state index in [4.69, 9.17) is 9.40 Å². The minimum atomic E-state index is 0.665. The van der Waals surface area contributed by atoms with Crippen LogP contribution < -0.4 is 4.90 Å². The van der Waals surface area contributed by atoms with Crippen LogP contribution in [0.2, 0.25) is 0 Å². The number of aryl methyl sites for hydroxylation is 1. The minimum absolute atomic E-state index is 0.665. The van der Waals surface area contributed by atoms with E-state index in [1.54, 1.807) is 6.20 Å². The molecule has 1 aliphatic rings. The lowest BCUT2D eigenvalue weighted by molar-refractivity contribution is 0.248. The third kappa shape index (κ3) is 3.84. The lowest BCUT2D eigenvalue weighted by Gasteiger charge is -2.34. The highest BCUT2D eigenvalue weighted by Crippen LogP contribution is 2.26. The molecule has 1 aliphatic heterocycles. The highest BCUT2D eigenvalue weighted by Gasteiger charge is 2.20. The van der Waals surface area contributed by atoms with Gasteiger partial charge in [0.1, 0.15) is 11.3 Å². The van der Waals surface area contributed by atoms with Crippen LogP contribution in [-0.4, -0.2) is 46.3 Å². The zero-order valence-corrected chi connectivity index (χ0v) is 16.5. The van der Waals surface area contributed by atoms with E-state index in [1.165, 1.54) is 11.1 Å². The molecule has 1 saturated heterocycles. The summed E-state index contributed by atoms with van der Waals surface area (Å²) in [5.41, 5.74) is 4.24. The van der Waals surface area contributed by atoms with Crippen molar-refractivity contribution in [2.45, 2.75) is 13.5 Å². The number of para-hydroxylation sites is 1. The van der Waals surface area contributed by atoms with Crippen LogP contribution in [-0.2, 0) is 6.54 Å². The molecule has 0 bridgehead atoms. The van der Waals surface area contributed by atoms with Gasteiger partial charge in [-0.15, -0.1) is 5.10 Å². The van der Waals surface area contributed by atoms with Crippen LogP contribution in [0, 0.1) is 6.92 Å². The standard InChI is InChI=1S/C23H23N5O/c1-17-5-4-6-18(13-17)16-27-9-11-28(12-10-27)23-25-20(15-24-26-23)22-14-19-7-2-3-8-21(19)29-22/h2-8,13-15H,9-12,16H2,1H3. The normalized spacial score (nSPS) is 15.1. The average Bonchev–Trinajstić information content (AvgIpc) is 3.19. The molecule has 2 aromatic heterocycles. The molecule has 3 heterocycles. The Kier molecular flexibility index (Phi) is 4.69. The van der Waals surface area contributed by atoms with Crippen molar-refractivity contribution in [3.63, 3.8) is 0 Å². The van der Waals surface area contributed by atoms with Crippen LogP contribution in [0.15, 0.2) is 65.2 Å². The largest absolute Gasteiger partial charge is 0.454 e. The quantitative estimate of drug-likeness (QED) is 0.531. The summed E-state index contributed by atoms with van der Waals surface area (Å²) in [6.07, 6.45) is 1.66. The summed E-state index contributed by atoms with van der Waals surface area (Å²) >= 11 is 0. The first kappa shape index (κ1) is 17.8. The third-order valence-corrected chi connectivity index (χ3v) is 5.37. The smallest absolute Gasteiger partial charge is 0.246 e. The van der Waals surface area contributed by atoms with E-state index in [2.05, 4.69) is 51.2 Å². The van der Waals surface area contributed by atoms with Gasteiger partial charge in [0.2, 0.25) is 5.95 Å². The van der Waals surface area contributed by atoms with Gasteiger partial charge in [0.25, 0.3) is 0 Å². The molecule has 0 amide bonds. The summed E-state index contributed by atoms with van der Waals surface area (Å²) in [6, 6.07) is 18.7. The van der Waals surface area contributed by atoms with Crippen LogP contribution in [0.5, 0.6) is 0 Å². The van der Waals surface area contributed by atoms with E-state index in [9.17, 15) is 0 Å². The maximum absolute atomic E-state index is 5.93. The van der Waals surface area contributed by atoms with Gasteiger partial charge in [-0.05, 0) is 24.6 Å². The van der Waals surface area contributed by atoms with Gasteiger partial charge in [-0.1, -0.05) is 48.0 Å². The molecule has 0 N–H and O–H groups in total. The lowest BCUT2D eigenvalue weighted by Crippen LogP contribution is -2.46. The predicted octanol–water partition coefficient (Wildman–Crippen LogP) is 3.92. The van der Waals surface area contributed by atoms with Crippen LogP contribution in [0.3, 0.4) is 0 Å². The zero-order chi connectivity index (χ0) is 19.6. The zero-order valence-electron chi connectivity index (χ0n) is 16.5. The monoisotopic (exact) mass is 385 g/mol. The fraction of sp³-hybridized carbons (Fsp3) is 0.261. The molecular weight excluding hydrogens is 362 g/mol.